The highest BCUT2D eigenvalue weighted by atomic mass is 16.2. The molecule has 1 rings (SSSR count). The van der Waals surface area contributed by atoms with E-state index in [0.29, 0.717) is 0 Å². The summed E-state index contributed by atoms with van der Waals surface area (Å²) in [5.41, 5.74) is 0. The van der Waals surface area contributed by atoms with Crippen molar-refractivity contribution in [2.24, 2.45) is 5.92 Å². The molecule has 1 amide bonds. The number of rotatable bonds is 4. The average molecular weight is 212 g/mol. The summed E-state index contributed by atoms with van der Waals surface area (Å²) in [6.45, 7) is 8.13. The maximum Gasteiger partial charge on any atom is 0.219 e. The van der Waals surface area contributed by atoms with Crippen LogP contribution in [0.3, 0.4) is 0 Å². The molecular weight excluding hydrogens is 188 g/mol. The second-order valence-electron chi connectivity index (χ2n) is 4.63. The van der Waals surface area contributed by atoms with Gasteiger partial charge in [-0.1, -0.05) is 6.92 Å². The molecule has 1 heterocycles. The van der Waals surface area contributed by atoms with Crippen molar-refractivity contribution in [3.63, 3.8) is 0 Å². The Labute approximate surface area is 93.4 Å². The summed E-state index contributed by atoms with van der Waals surface area (Å²) in [5, 5.41) is 0. The van der Waals surface area contributed by atoms with Gasteiger partial charge in [-0.2, -0.15) is 0 Å². The molecule has 0 bridgehead atoms. The van der Waals surface area contributed by atoms with E-state index >= 15 is 0 Å². The van der Waals surface area contributed by atoms with E-state index in [1.165, 1.54) is 25.8 Å². The average Bonchev–Trinajstić information content (AvgIpc) is 2.26. The molecule has 15 heavy (non-hydrogen) atoms. The van der Waals surface area contributed by atoms with Crippen molar-refractivity contribution in [3.05, 3.63) is 0 Å². The van der Waals surface area contributed by atoms with Crippen LogP contribution in [0.2, 0.25) is 0 Å². The summed E-state index contributed by atoms with van der Waals surface area (Å²) in [4.78, 5) is 15.5. The molecular formula is C12H24N2O. The molecule has 3 nitrogen and oxygen atoms in total. The van der Waals surface area contributed by atoms with Crippen LogP contribution in [-0.2, 0) is 4.79 Å². The van der Waals surface area contributed by atoms with Gasteiger partial charge in [0.1, 0.15) is 0 Å². The number of piperidine rings is 1. The molecule has 3 heteroatoms. The van der Waals surface area contributed by atoms with Crippen molar-refractivity contribution in [3.8, 4) is 0 Å². The fourth-order valence-corrected chi connectivity index (χ4v) is 2.10. The zero-order chi connectivity index (χ0) is 11.3. The lowest BCUT2D eigenvalue weighted by Crippen LogP contribution is -2.37. The fraction of sp³-hybridized carbons (Fsp3) is 0.917. The Morgan fingerprint density at radius 2 is 2.00 bits per heavy atom. The van der Waals surface area contributed by atoms with Crippen LogP contribution in [0.4, 0.5) is 0 Å². The van der Waals surface area contributed by atoms with Crippen molar-refractivity contribution in [2.45, 2.75) is 33.1 Å². The molecule has 0 N–H and O–H groups in total. The summed E-state index contributed by atoms with van der Waals surface area (Å²) < 4.78 is 0. The molecule has 0 saturated carbocycles. The van der Waals surface area contributed by atoms with Crippen LogP contribution in [0.25, 0.3) is 0 Å². The van der Waals surface area contributed by atoms with Crippen molar-refractivity contribution in [2.75, 3.05) is 33.2 Å². The quantitative estimate of drug-likeness (QED) is 0.706. The fourth-order valence-electron chi connectivity index (χ4n) is 2.10. The van der Waals surface area contributed by atoms with Gasteiger partial charge in [-0.05, 0) is 45.3 Å². The zero-order valence-electron chi connectivity index (χ0n) is 10.3. The number of likely N-dealkylation sites (tertiary alicyclic amines) is 1. The topological polar surface area (TPSA) is 23.6 Å². The Morgan fingerprint density at radius 1 is 1.40 bits per heavy atom. The predicted octanol–water partition coefficient (Wildman–Crippen LogP) is 1.59. The van der Waals surface area contributed by atoms with Gasteiger partial charge in [0.05, 0.1) is 0 Å². The lowest BCUT2D eigenvalue weighted by Gasteiger charge is -2.32. The minimum Gasteiger partial charge on any atom is -0.343 e. The van der Waals surface area contributed by atoms with Crippen molar-refractivity contribution >= 4 is 5.91 Å². The number of nitrogens with zero attached hydrogens (tertiary/aromatic N) is 2. The number of hydrogen-bond donors (Lipinski definition) is 0. The zero-order valence-corrected chi connectivity index (χ0v) is 10.3. The number of amides is 1. The van der Waals surface area contributed by atoms with E-state index in [-0.39, 0.29) is 5.91 Å². The minimum atomic E-state index is 0.235. The van der Waals surface area contributed by atoms with Gasteiger partial charge in [-0.25, -0.2) is 0 Å². The molecule has 0 aromatic carbocycles. The number of carbonyl (C=O) groups is 1. The Hall–Kier alpha value is -0.570. The third-order valence-corrected chi connectivity index (χ3v) is 3.52. The molecule has 1 aliphatic rings. The van der Waals surface area contributed by atoms with Gasteiger partial charge in [-0.3, -0.25) is 4.79 Å². The Kier molecular flexibility index (Phi) is 5.09. The van der Waals surface area contributed by atoms with Crippen molar-refractivity contribution in [1.29, 1.82) is 0 Å². The Balaban J connectivity index is 2.17. The van der Waals surface area contributed by atoms with Crippen LogP contribution in [0.5, 0.6) is 0 Å². The molecule has 0 aliphatic carbocycles. The van der Waals surface area contributed by atoms with E-state index in [4.69, 9.17) is 0 Å². The minimum absolute atomic E-state index is 0.235. The van der Waals surface area contributed by atoms with Gasteiger partial charge in [0, 0.05) is 20.0 Å². The summed E-state index contributed by atoms with van der Waals surface area (Å²) in [6.07, 6.45) is 3.67. The van der Waals surface area contributed by atoms with Crippen molar-refractivity contribution in [1.82, 2.24) is 9.80 Å². The van der Waals surface area contributed by atoms with Gasteiger partial charge in [0.15, 0.2) is 0 Å². The summed E-state index contributed by atoms with van der Waals surface area (Å²) in [7, 11) is 2.17. The molecule has 0 spiro atoms. The van der Waals surface area contributed by atoms with Crippen LogP contribution in [0, 0.1) is 5.92 Å². The van der Waals surface area contributed by atoms with Gasteiger partial charge in [0.25, 0.3) is 0 Å². The van der Waals surface area contributed by atoms with Crippen LogP contribution in [-0.4, -0.2) is 48.9 Å². The predicted molar refractivity (Wildman–Crippen MR) is 62.8 cm³/mol. The van der Waals surface area contributed by atoms with Gasteiger partial charge in [-0.15, -0.1) is 0 Å². The van der Waals surface area contributed by atoms with E-state index in [9.17, 15) is 4.79 Å². The second-order valence-corrected chi connectivity index (χ2v) is 4.63. The molecule has 1 fully saturated rings. The molecule has 1 saturated heterocycles. The summed E-state index contributed by atoms with van der Waals surface area (Å²) >= 11 is 0. The largest absolute Gasteiger partial charge is 0.343 e. The Bertz CT molecular complexity index is 198. The Morgan fingerprint density at radius 3 is 2.47 bits per heavy atom. The first kappa shape index (κ1) is 12.5. The van der Waals surface area contributed by atoms with Crippen LogP contribution < -0.4 is 0 Å². The lowest BCUT2D eigenvalue weighted by atomic mass is 9.93. The molecule has 0 aromatic heterocycles. The van der Waals surface area contributed by atoms with Crippen LogP contribution in [0.1, 0.15) is 33.1 Å². The highest BCUT2D eigenvalue weighted by Crippen LogP contribution is 2.20. The maximum atomic E-state index is 11.1. The maximum absolute atomic E-state index is 11.1. The van der Waals surface area contributed by atoms with Gasteiger partial charge in [0.2, 0.25) is 5.91 Å². The second kappa shape index (κ2) is 6.11. The lowest BCUT2D eigenvalue weighted by molar-refractivity contribution is -0.130. The third kappa shape index (κ3) is 4.20. The smallest absolute Gasteiger partial charge is 0.219 e. The van der Waals surface area contributed by atoms with Gasteiger partial charge >= 0.3 is 0 Å². The molecule has 1 aliphatic heterocycles. The third-order valence-electron chi connectivity index (χ3n) is 3.52. The first-order chi connectivity index (χ1) is 7.13. The first-order valence-electron chi connectivity index (χ1n) is 6.07. The van der Waals surface area contributed by atoms with Crippen LogP contribution >= 0.6 is 0 Å². The molecule has 0 radical (unpaired) electrons. The number of hydrogen-bond acceptors (Lipinski definition) is 2. The van der Waals surface area contributed by atoms with E-state index in [0.717, 1.165) is 25.6 Å². The van der Waals surface area contributed by atoms with E-state index in [1.54, 1.807) is 6.92 Å². The van der Waals surface area contributed by atoms with Crippen molar-refractivity contribution < 1.29 is 4.79 Å². The van der Waals surface area contributed by atoms with Crippen LogP contribution in [0.15, 0.2) is 0 Å². The SMILES string of the molecule is CCN(C)CCC1CCN(C(C)=O)CC1. The number of carbonyl (C=O) groups excluding carboxylic acids is 1. The summed E-state index contributed by atoms with van der Waals surface area (Å²) in [5.74, 6) is 1.06. The highest BCUT2D eigenvalue weighted by Gasteiger charge is 2.20. The van der Waals surface area contributed by atoms with Gasteiger partial charge < -0.3 is 9.80 Å². The normalized spacial score (nSPS) is 18.5. The molecule has 0 aromatic rings. The molecule has 0 atom stereocenters. The summed E-state index contributed by atoms with van der Waals surface area (Å²) in [6, 6.07) is 0. The van der Waals surface area contributed by atoms with E-state index < -0.39 is 0 Å². The monoisotopic (exact) mass is 212 g/mol. The van der Waals surface area contributed by atoms with E-state index in [1.807, 2.05) is 4.90 Å². The molecule has 88 valence electrons. The highest BCUT2D eigenvalue weighted by molar-refractivity contribution is 5.73. The van der Waals surface area contributed by atoms with E-state index in [2.05, 4.69) is 18.9 Å². The standard InChI is InChI=1S/C12H24N2O/c1-4-13(3)8-5-12-6-9-14(10-7-12)11(2)15/h12H,4-10H2,1-3H3. The first-order valence-corrected chi connectivity index (χ1v) is 6.07. The molecule has 0 unspecified atom stereocenters.